The first-order valence-electron chi connectivity index (χ1n) is 11.5. The number of aryl methyl sites for hydroxylation is 1. The lowest BCUT2D eigenvalue weighted by Crippen LogP contribution is -2.29. The Hall–Kier alpha value is -4.06. The van der Waals surface area contributed by atoms with Crippen LogP contribution in [0.5, 0.6) is 11.5 Å². The van der Waals surface area contributed by atoms with Crippen molar-refractivity contribution in [3.05, 3.63) is 101 Å². The first kappa shape index (κ1) is 24.1. The second kappa shape index (κ2) is 10.1. The summed E-state index contributed by atoms with van der Waals surface area (Å²) >= 11 is 0. The third kappa shape index (κ3) is 4.78. The number of carbonyl (C=O) groups excluding carboxylic acids is 2. The minimum absolute atomic E-state index is 0.0100. The first-order valence-corrected chi connectivity index (χ1v) is 11.5. The number of benzene rings is 3. The molecule has 1 saturated heterocycles. The molecule has 0 radical (unpaired) electrons. The molecule has 0 bridgehead atoms. The normalized spacial score (nSPS) is 17.2. The Morgan fingerprint density at radius 3 is 2.29 bits per heavy atom. The van der Waals surface area contributed by atoms with Gasteiger partial charge in [-0.15, -0.1) is 0 Å². The van der Waals surface area contributed by atoms with Gasteiger partial charge in [0.1, 0.15) is 17.3 Å². The van der Waals surface area contributed by atoms with E-state index in [4.69, 9.17) is 9.47 Å². The van der Waals surface area contributed by atoms with E-state index in [-0.39, 0.29) is 24.0 Å². The molecule has 0 aromatic heterocycles. The van der Waals surface area contributed by atoms with Gasteiger partial charge in [-0.25, -0.2) is 0 Å². The number of amides is 1. The van der Waals surface area contributed by atoms with E-state index in [1.54, 1.807) is 31.4 Å². The maximum Gasteiger partial charge on any atom is 0.295 e. The molecule has 1 aliphatic rings. The highest BCUT2D eigenvalue weighted by Crippen LogP contribution is 2.42. The second-order valence-corrected chi connectivity index (χ2v) is 8.79. The lowest BCUT2D eigenvalue weighted by atomic mass is 9.92. The molecule has 0 spiro atoms. The molecular formula is C29H29NO5. The SMILES string of the molecule is COc1ccccc1CN1C(=O)C(=O)/C(=C(/O)c2ccc(OC(C)C)cc2)C1c1ccccc1C. The first-order chi connectivity index (χ1) is 16.8. The van der Waals surface area contributed by atoms with Gasteiger partial charge in [-0.1, -0.05) is 42.5 Å². The Balaban J connectivity index is 1.83. The second-order valence-electron chi connectivity index (χ2n) is 8.79. The minimum atomic E-state index is -0.743. The van der Waals surface area contributed by atoms with Crippen molar-refractivity contribution in [2.24, 2.45) is 0 Å². The van der Waals surface area contributed by atoms with Crippen LogP contribution in [-0.2, 0) is 16.1 Å². The number of nitrogens with zero attached hydrogens (tertiary/aromatic N) is 1. The summed E-state index contributed by atoms with van der Waals surface area (Å²) in [5.41, 5.74) is 2.97. The number of hydrogen-bond acceptors (Lipinski definition) is 5. The van der Waals surface area contributed by atoms with E-state index in [9.17, 15) is 14.7 Å². The lowest BCUT2D eigenvalue weighted by Gasteiger charge is -2.27. The van der Waals surface area contributed by atoms with E-state index >= 15 is 0 Å². The highest BCUT2D eigenvalue weighted by atomic mass is 16.5. The number of ketones is 1. The fourth-order valence-corrected chi connectivity index (χ4v) is 4.40. The fraction of sp³-hybridized carbons (Fsp3) is 0.241. The maximum atomic E-state index is 13.3. The van der Waals surface area contributed by atoms with Crippen LogP contribution < -0.4 is 9.47 Å². The van der Waals surface area contributed by atoms with Gasteiger partial charge in [-0.3, -0.25) is 9.59 Å². The van der Waals surface area contributed by atoms with Crippen LogP contribution >= 0.6 is 0 Å². The molecule has 1 N–H and O–H groups in total. The number of Topliss-reactive ketones (excluding diaryl/α,β-unsaturated/α-hetero) is 1. The van der Waals surface area contributed by atoms with Gasteiger partial charge in [-0.2, -0.15) is 0 Å². The van der Waals surface area contributed by atoms with E-state index in [0.29, 0.717) is 17.1 Å². The molecule has 6 nitrogen and oxygen atoms in total. The molecule has 1 fully saturated rings. The monoisotopic (exact) mass is 471 g/mol. The average Bonchev–Trinajstić information content (AvgIpc) is 3.09. The Morgan fingerprint density at radius 2 is 1.63 bits per heavy atom. The number of carbonyl (C=O) groups is 2. The zero-order valence-electron chi connectivity index (χ0n) is 20.3. The van der Waals surface area contributed by atoms with Crippen molar-refractivity contribution in [3.8, 4) is 11.5 Å². The molecule has 1 amide bonds. The van der Waals surface area contributed by atoms with Crippen LogP contribution in [-0.4, -0.2) is 34.9 Å². The maximum absolute atomic E-state index is 13.3. The summed E-state index contributed by atoms with van der Waals surface area (Å²) in [6.45, 7) is 5.95. The topological polar surface area (TPSA) is 76.1 Å². The molecule has 6 heteroatoms. The third-order valence-electron chi connectivity index (χ3n) is 6.06. The van der Waals surface area contributed by atoms with Gasteiger partial charge in [0.15, 0.2) is 0 Å². The molecule has 1 atom stereocenters. The molecule has 1 heterocycles. The Labute approximate surface area is 205 Å². The van der Waals surface area contributed by atoms with Crippen LogP contribution in [0.1, 0.15) is 42.1 Å². The largest absolute Gasteiger partial charge is 0.507 e. The van der Waals surface area contributed by atoms with E-state index in [1.807, 2.05) is 69.3 Å². The zero-order valence-corrected chi connectivity index (χ0v) is 20.3. The van der Waals surface area contributed by atoms with Crippen LogP contribution in [0.3, 0.4) is 0 Å². The molecule has 1 aliphatic heterocycles. The van der Waals surface area contributed by atoms with Gasteiger partial charge in [-0.05, 0) is 62.2 Å². The number of methoxy groups -OCH3 is 1. The average molecular weight is 472 g/mol. The van der Waals surface area contributed by atoms with E-state index < -0.39 is 17.7 Å². The molecule has 0 aliphatic carbocycles. The minimum Gasteiger partial charge on any atom is -0.507 e. The number of hydrogen-bond donors (Lipinski definition) is 1. The highest BCUT2D eigenvalue weighted by Gasteiger charge is 2.46. The van der Waals surface area contributed by atoms with Crippen LogP contribution in [0.15, 0.2) is 78.4 Å². The summed E-state index contributed by atoms with van der Waals surface area (Å²) in [4.78, 5) is 28.1. The molecule has 180 valence electrons. The van der Waals surface area contributed by atoms with E-state index in [1.165, 1.54) is 4.90 Å². The summed E-state index contributed by atoms with van der Waals surface area (Å²) in [6.07, 6.45) is 0.0100. The van der Waals surface area contributed by atoms with Crippen molar-refractivity contribution in [1.29, 1.82) is 0 Å². The lowest BCUT2D eigenvalue weighted by molar-refractivity contribution is -0.140. The zero-order chi connectivity index (χ0) is 25.1. The van der Waals surface area contributed by atoms with Crippen LogP contribution in [0.4, 0.5) is 0 Å². The molecule has 3 aromatic rings. The number of aliphatic hydroxyl groups is 1. The molecule has 4 rings (SSSR count). The van der Waals surface area contributed by atoms with E-state index in [0.717, 1.165) is 16.7 Å². The summed E-state index contributed by atoms with van der Waals surface area (Å²) in [5.74, 6) is -0.309. The van der Waals surface area contributed by atoms with Gasteiger partial charge < -0.3 is 19.5 Å². The Bertz CT molecular complexity index is 1280. The molecular weight excluding hydrogens is 442 g/mol. The molecule has 3 aromatic carbocycles. The smallest absolute Gasteiger partial charge is 0.295 e. The fourth-order valence-electron chi connectivity index (χ4n) is 4.40. The third-order valence-corrected chi connectivity index (χ3v) is 6.06. The molecule has 35 heavy (non-hydrogen) atoms. The van der Waals surface area contributed by atoms with Crippen molar-refractivity contribution in [1.82, 2.24) is 4.90 Å². The van der Waals surface area contributed by atoms with E-state index in [2.05, 4.69) is 0 Å². The predicted molar refractivity (Wildman–Crippen MR) is 134 cm³/mol. The van der Waals surface area contributed by atoms with Crippen LogP contribution in [0.25, 0.3) is 5.76 Å². The summed E-state index contributed by atoms with van der Waals surface area (Å²) in [5, 5.41) is 11.3. The number of ether oxygens (including phenoxy) is 2. The van der Waals surface area contributed by atoms with Gasteiger partial charge >= 0.3 is 0 Å². The molecule has 1 unspecified atom stereocenters. The summed E-state index contributed by atoms with van der Waals surface area (Å²) in [6, 6.07) is 21.1. The Morgan fingerprint density at radius 1 is 0.971 bits per heavy atom. The van der Waals surface area contributed by atoms with Gasteiger partial charge in [0.2, 0.25) is 0 Å². The standard InChI is InChI=1S/C29H29NO5/c1-18(2)35-22-15-13-20(14-16-22)27(31)25-26(23-11-7-5-9-19(23)3)30(29(33)28(25)32)17-21-10-6-8-12-24(21)34-4/h5-16,18,26,31H,17H2,1-4H3/b27-25+. The number of likely N-dealkylation sites (tertiary alicyclic amines) is 1. The van der Waals surface area contributed by atoms with Crippen molar-refractivity contribution in [2.45, 2.75) is 39.5 Å². The highest BCUT2D eigenvalue weighted by molar-refractivity contribution is 6.46. The van der Waals surface area contributed by atoms with Crippen molar-refractivity contribution < 1.29 is 24.2 Å². The van der Waals surface area contributed by atoms with Crippen molar-refractivity contribution in [2.75, 3.05) is 7.11 Å². The van der Waals surface area contributed by atoms with Crippen molar-refractivity contribution >= 4 is 17.4 Å². The quantitative estimate of drug-likeness (QED) is 0.283. The van der Waals surface area contributed by atoms with Crippen LogP contribution in [0.2, 0.25) is 0 Å². The number of para-hydroxylation sites is 1. The number of aliphatic hydroxyl groups excluding tert-OH is 1. The van der Waals surface area contributed by atoms with Gasteiger partial charge in [0, 0.05) is 11.1 Å². The van der Waals surface area contributed by atoms with Gasteiger partial charge in [0.25, 0.3) is 11.7 Å². The predicted octanol–water partition coefficient (Wildman–Crippen LogP) is 5.41. The molecule has 0 saturated carbocycles. The summed E-state index contributed by atoms with van der Waals surface area (Å²) < 4.78 is 11.2. The van der Waals surface area contributed by atoms with Gasteiger partial charge in [0.05, 0.1) is 31.4 Å². The number of rotatable bonds is 7. The summed E-state index contributed by atoms with van der Waals surface area (Å²) in [7, 11) is 1.57. The van der Waals surface area contributed by atoms with Crippen LogP contribution in [0, 0.1) is 6.92 Å². The van der Waals surface area contributed by atoms with Crippen molar-refractivity contribution in [3.63, 3.8) is 0 Å². The Kier molecular flexibility index (Phi) is 6.92.